The Morgan fingerprint density at radius 3 is 3.07 bits per heavy atom. The molecule has 3 N–H and O–H groups in total. The smallest absolute Gasteiger partial charge is 0.285 e. The SMILES string of the molecule is O=C(NO)c1sccc1-c1cc[nH]n1. The predicted molar refractivity (Wildman–Crippen MR) is 51.2 cm³/mol. The third-order valence-electron chi connectivity index (χ3n) is 1.75. The van der Waals surface area contributed by atoms with Gasteiger partial charge in [0.25, 0.3) is 5.91 Å². The number of hydrogen-bond acceptors (Lipinski definition) is 4. The van der Waals surface area contributed by atoms with Gasteiger partial charge in [-0.05, 0) is 17.5 Å². The van der Waals surface area contributed by atoms with Gasteiger partial charge in [-0.1, -0.05) is 0 Å². The Bertz CT molecular complexity index is 435. The van der Waals surface area contributed by atoms with Crippen LogP contribution in [-0.2, 0) is 0 Å². The number of nitrogens with one attached hydrogen (secondary N) is 2. The molecule has 2 aromatic rings. The summed E-state index contributed by atoms with van der Waals surface area (Å²) in [4.78, 5) is 11.6. The zero-order valence-corrected chi connectivity index (χ0v) is 7.84. The highest BCUT2D eigenvalue weighted by molar-refractivity contribution is 7.12. The van der Waals surface area contributed by atoms with Crippen LogP contribution >= 0.6 is 11.3 Å². The number of nitrogens with zero attached hydrogens (tertiary/aromatic N) is 1. The maximum atomic E-state index is 11.2. The second-order valence-electron chi connectivity index (χ2n) is 2.56. The van der Waals surface area contributed by atoms with Gasteiger partial charge in [-0.3, -0.25) is 15.1 Å². The van der Waals surface area contributed by atoms with Gasteiger partial charge in [0.2, 0.25) is 0 Å². The second-order valence-corrected chi connectivity index (χ2v) is 3.48. The van der Waals surface area contributed by atoms with E-state index < -0.39 is 5.91 Å². The lowest BCUT2D eigenvalue weighted by molar-refractivity contribution is 0.0711. The Morgan fingerprint density at radius 2 is 2.43 bits per heavy atom. The van der Waals surface area contributed by atoms with Crippen LogP contribution in [0.4, 0.5) is 0 Å². The van der Waals surface area contributed by atoms with E-state index in [1.807, 2.05) is 0 Å². The molecule has 2 heterocycles. The minimum atomic E-state index is -0.516. The van der Waals surface area contributed by atoms with E-state index in [1.54, 1.807) is 29.2 Å². The average Bonchev–Trinajstić information content (AvgIpc) is 2.85. The summed E-state index contributed by atoms with van der Waals surface area (Å²) < 4.78 is 0. The first-order valence-corrected chi connectivity index (χ1v) is 4.73. The van der Waals surface area contributed by atoms with Crippen LogP contribution in [-0.4, -0.2) is 21.3 Å². The number of carbonyl (C=O) groups excluding carboxylic acids is 1. The maximum absolute atomic E-state index is 11.2. The molecular weight excluding hydrogens is 202 g/mol. The lowest BCUT2D eigenvalue weighted by Crippen LogP contribution is -2.17. The largest absolute Gasteiger partial charge is 0.288 e. The Balaban J connectivity index is 2.45. The number of carbonyl (C=O) groups is 1. The standard InChI is InChI=1S/C8H7N3O2S/c12-8(11-13)7-5(2-4-14-7)6-1-3-9-10-6/h1-4,13H,(H,9,10)(H,11,12). The van der Waals surface area contributed by atoms with E-state index in [0.29, 0.717) is 16.1 Å². The molecule has 2 rings (SSSR count). The molecule has 14 heavy (non-hydrogen) atoms. The normalized spacial score (nSPS) is 10.1. The van der Waals surface area contributed by atoms with Crippen molar-refractivity contribution in [2.75, 3.05) is 0 Å². The molecule has 0 fully saturated rings. The summed E-state index contributed by atoms with van der Waals surface area (Å²) in [5.74, 6) is -0.516. The van der Waals surface area contributed by atoms with Crippen LogP contribution in [0.5, 0.6) is 0 Å². The van der Waals surface area contributed by atoms with Crippen molar-refractivity contribution in [1.82, 2.24) is 15.7 Å². The molecular formula is C8H7N3O2S. The number of hydrogen-bond donors (Lipinski definition) is 3. The number of rotatable bonds is 2. The van der Waals surface area contributed by atoms with Crippen molar-refractivity contribution in [3.8, 4) is 11.3 Å². The topological polar surface area (TPSA) is 78.0 Å². The summed E-state index contributed by atoms with van der Waals surface area (Å²) in [6.45, 7) is 0. The molecule has 6 heteroatoms. The highest BCUT2D eigenvalue weighted by Crippen LogP contribution is 2.26. The minimum absolute atomic E-state index is 0.444. The van der Waals surface area contributed by atoms with E-state index in [9.17, 15) is 4.79 Å². The fourth-order valence-electron chi connectivity index (χ4n) is 1.15. The van der Waals surface area contributed by atoms with Crippen LogP contribution in [0, 0.1) is 0 Å². The predicted octanol–water partition coefficient (Wildman–Crippen LogP) is 1.26. The van der Waals surface area contributed by atoms with E-state index >= 15 is 0 Å². The average molecular weight is 209 g/mol. The Hall–Kier alpha value is -1.66. The lowest BCUT2D eigenvalue weighted by atomic mass is 10.2. The fourth-order valence-corrected chi connectivity index (χ4v) is 1.94. The van der Waals surface area contributed by atoms with Crippen LogP contribution in [0.25, 0.3) is 11.3 Å². The van der Waals surface area contributed by atoms with Crippen LogP contribution in [0.3, 0.4) is 0 Å². The quantitative estimate of drug-likeness (QED) is 0.514. The van der Waals surface area contributed by atoms with Crippen LogP contribution in [0.1, 0.15) is 9.67 Å². The molecule has 0 aliphatic heterocycles. The van der Waals surface area contributed by atoms with Gasteiger partial charge in [-0.2, -0.15) is 5.10 Å². The summed E-state index contributed by atoms with van der Waals surface area (Å²) in [7, 11) is 0. The van der Waals surface area contributed by atoms with Gasteiger partial charge in [0.1, 0.15) is 4.88 Å². The molecule has 0 saturated carbocycles. The zero-order chi connectivity index (χ0) is 9.97. The van der Waals surface area contributed by atoms with E-state index in [0.717, 1.165) is 0 Å². The van der Waals surface area contributed by atoms with Crippen molar-refractivity contribution < 1.29 is 10.0 Å². The Labute approximate surface area is 83.4 Å². The number of hydroxylamine groups is 1. The highest BCUT2D eigenvalue weighted by Gasteiger charge is 2.14. The summed E-state index contributed by atoms with van der Waals surface area (Å²) in [5, 5.41) is 16.9. The number of thiophene rings is 1. The first-order chi connectivity index (χ1) is 6.83. The first kappa shape index (κ1) is 8.92. The van der Waals surface area contributed by atoms with Crippen molar-refractivity contribution in [2.45, 2.75) is 0 Å². The molecule has 0 aliphatic rings. The maximum Gasteiger partial charge on any atom is 0.285 e. The third-order valence-corrected chi connectivity index (χ3v) is 2.66. The number of aromatic amines is 1. The number of aromatic nitrogens is 2. The van der Waals surface area contributed by atoms with Crippen molar-refractivity contribution in [3.63, 3.8) is 0 Å². The van der Waals surface area contributed by atoms with Gasteiger partial charge in [0, 0.05) is 11.8 Å². The molecule has 0 unspecified atom stereocenters. The van der Waals surface area contributed by atoms with Crippen molar-refractivity contribution >= 4 is 17.2 Å². The van der Waals surface area contributed by atoms with Gasteiger partial charge in [0.15, 0.2) is 0 Å². The first-order valence-electron chi connectivity index (χ1n) is 3.85. The third kappa shape index (κ3) is 1.40. The van der Waals surface area contributed by atoms with Crippen LogP contribution in [0.2, 0.25) is 0 Å². The molecule has 1 amide bonds. The van der Waals surface area contributed by atoms with Gasteiger partial charge < -0.3 is 0 Å². The highest BCUT2D eigenvalue weighted by atomic mass is 32.1. The van der Waals surface area contributed by atoms with E-state index in [4.69, 9.17) is 5.21 Å². The zero-order valence-electron chi connectivity index (χ0n) is 7.02. The van der Waals surface area contributed by atoms with E-state index in [2.05, 4.69) is 10.2 Å². The molecule has 0 aliphatic carbocycles. The van der Waals surface area contributed by atoms with E-state index in [-0.39, 0.29) is 0 Å². The summed E-state index contributed by atoms with van der Waals surface area (Å²) in [6, 6.07) is 3.54. The summed E-state index contributed by atoms with van der Waals surface area (Å²) in [5.41, 5.74) is 3.00. The van der Waals surface area contributed by atoms with Gasteiger partial charge in [-0.15, -0.1) is 11.3 Å². The molecule has 0 radical (unpaired) electrons. The van der Waals surface area contributed by atoms with Gasteiger partial charge >= 0.3 is 0 Å². The van der Waals surface area contributed by atoms with Gasteiger partial charge in [0.05, 0.1) is 5.69 Å². The van der Waals surface area contributed by atoms with Crippen molar-refractivity contribution in [3.05, 3.63) is 28.6 Å². The minimum Gasteiger partial charge on any atom is -0.288 e. The molecule has 5 nitrogen and oxygen atoms in total. The summed E-state index contributed by atoms with van der Waals surface area (Å²) >= 11 is 1.25. The van der Waals surface area contributed by atoms with Gasteiger partial charge in [-0.25, -0.2) is 5.48 Å². The molecule has 0 spiro atoms. The van der Waals surface area contributed by atoms with Crippen molar-refractivity contribution in [1.29, 1.82) is 0 Å². The molecule has 72 valence electrons. The number of amides is 1. The molecule has 0 bridgehead atoms. The van der Waals surface area contributed by atoms with E-state index in [1.165, 1.54) is 11.3 Å². The molecule has 0 aromatic carbocycles. The molecule has 2 aromatic heterocycles. The Morgan fingerprint density at radius 1 is 1.57 bits per heavy atom. The van der Waals surface area contributed by atoms with Crippen molar-refractivity contribution in [2.24, 2.45) is 0 Å². The molecule has 0 atom stereocenters. The monoisotopic (exact) mass is 209 g/mol. The van der Waals surface area contributed by atoms with Crippen LogP contribution in [0.15, 0.2) is 23.7 Å². The Kier molecular flexibility index (Phi) is 2.30. The molecule has 0 saturated heterocycles. The summed E-state index contributed by atoms with van der Waals surface area (Å²) in [6.07, 6.45) is 1.67. The second kappa shape index (κ2) is 3.60. The lowest BCUT2D eigenvalue weighted by Gasteiger charge is -1.97. The fraction of sp³-hybridized carbons (Fsp3) is 0. The number of H-pyrrole nitrogens is 1. The van der Waals surface area contributed by atoms with Crippen LogP contribution < -0.4 is 5.48 Å².